The van der Waals surface area contributed by atoms with Gasteiger partial charge >= 0.3 is 5.97 Å². The number of cyclic esters (lactones) is 1. The van der Waals surface area contributed by atoms with Crippen LogP contribution in [-0.2, 0) is 43.2 Å². The molecule has 13 nitrogen and oxygen atoms in total. The summed E-state index contributed by atoms with van der Waals surface area (Å²) in [6, 6.07) is 8.00. The fraction of sp³-hybridized carbons (Fsp3) is 0.587. The Balaban J connectivity index is 1.27. The van der Waals surface area contributed by atoms with Gasteiger partial charge in [-0.3, -0.25) is 19.6 Å². The first-order chi connectivity index (χ1) is 28.6. The van der Waals surface area contributed by atoms with Crippen molar-refractivity contribution in [2.24, 2.45) is 23.2 Å². The molecule has 8 rings (SSSR count). The molecule has 6 atom stereocenters. The number of benzene rings is 1. The monoisotopic (exact) mass is 838 g/mol. The average molecular weight is 839 g/mol. The number of carbonyl (C=O) groups is 3. The number of aryl methyl sites for hydroxylation is 1. The number of hydrogen-bond donors (Lipinski definition) is 2. The molecule has 4 aromatic rings. The molecule has 2 saturated heterocycles. The Morgan fingerprint density at radius 3 is 2.55 bits per heavy atom. The minimum atomic E-state index is -1.13. The van der Waals surface area contributed by atoms with Crippen molar-refractivity contribution in [2.45, 2.75) is 98.4 Å². The minimum absolute atomic E-state index is 0.116. The lowest BCUT2D eigenvalue weighted by atomic mass is 9.84. The van der Waals surface area contributed by atoms with Crippen LogP contribution in [0, 0.1) is 23.2 Å². The van der Waals surface area contributed by atoms with Crippen LogP contribution in [0.3, 0.4) is 0 Å². The lowest BCUT2D eigenvalue weighted by Crippen LogP contribution is -2.65. The highest BCUT2D eigenvalue weighted by molar-refractivity contribution is 7.10. The second-order valence-electron chi connectivity index (χ2n) is 18.7. The van der Waals surface area contributed by atoms with Gasteiger partial charge in [0.2, 0.25) is 5.91 Å². The molecule has 1 aromatic carbocycles. The molecule has 4 aliphatic rings. The van der Waals surface area contributed by atoms with Crippen LogP contribution in [0.1, 0.15) is 83.7 Å². The number of likely N-dealkylation sites (N-methyl/N-ethyl adjacent to an activating group) is 1. The number of pyridine rings is 1. The number of piperazine rings is 1. The number of hydrazine groups is 1. The van der Waals surface area contributed by atoms with Crippen LogP contribution in [0.15, 0.2) is 35.8 Å². The van der Waals surface area contributed by atoms with Gasteiger partial charge in [0.15, 0.2) is 0 Å². The Bertz CT molecular complexity index is 2270. The van der Waals surface area contributed by atoms with Gasteiger partial charge in [-0.1, -0.05) is 33.8 Å². The summed E-state index contributed by atoms with van der Waals surface area (Å²) in [5, 5.41) is 8.51. The predicted octanol–water partition coefficient (Wildman–Crippen LogP) is 6.25. The minimum Gasteiger partial charge on any atom is -0.464 e. The van der Waals surface area contributed by atoms with Crippen LogP contribution in [-0.4, -0.2) is 107 Å². The molecule has 6 bridgehead atoms. The third-order valence-corrected chi connectivity index (χ3v) is 14.5. The number of hydrogen-bond acceptors (Lipinski definition) is 11. The van der Waals surface area contributed by atoms with Crippen LogP contribution >= 0.6 is 11.3 Å². The molecule has 3 aromatic heterocycles. The normalized spacial score (nSPS) is 26.8. The van der Waals surface area contributed by atoms with E-state index in [-0.39, 0.29) is 48.7 Å². The number of thiazole rings is 1. The molecule has 14 heteroatoms. The molecule has 60 heavy (non-hydrogen) atoms. The zero-order valence-corrected chi connectivity index (χ0v) is 37.6. The number of fused-ring (bicyclic) bond motifs is 6. The second kappa shape index (κ2) is 16.5. The number of carbonyl (C=O) groups excluding carboxylic acids is 3. The summed E-state index contributed by atoms with van der Waals surface area (Å²) in [5.41, 5.74) is 9.76. The number of nitrogens with zero attached hydrogens (tertiary/aromatic N) is 6. The molecule has 3 aliphatic heterocycles. The van der Waals surface area contributed by atoms with E-state index in [1.807, 2.05) is 25.4 Å². The third-order valence-electron chi connectivity index (χ3n) is 13.6. The zero-order valence-electron chi connectivity index (χ0n) is 36.8. The SMILES string of the molecule is CCn1c(-c2cc(N3CCN(C)CC3)cnc2[C@H](C)OC)c2c3cc(ccc31)-c1csc(n1)C[C@H](NC(=O)C1[C@@H](C)[C@H]1C)C(=O)N1CCC[C@@](C)(N1)C(=O)OCC(C)(C)C2. The highest BCUT2D eigenvalue weighted by Gasteiger charge is 2.49. The van der Waals surface area contributed by atoms with Crippen molar-refractivity contribution in [1.82, 2.24) is 35.2 Å². The Morgan fingerprint density at radius 2 is 1.85 bits per heavy atom. The summed E-state index contributed by atoms with van der Waals surface area (Å²) in [6.07, 6.45) is 3.70. The zero-order chi connectivity index (χ0) is 42.7. The number of anilines is 1. The number of methoxy groups -OCH3 is 1. The predicted molar refractivity (Wildman–Crippen MR) is 235 cm³/mol. The van der Waals surface area contributed by atoms with Crippen molar-refractivity contribution in [1.29, 1.82) is 0 Å². The smallest absolute Gasteiger partial charge is 0.327 e. The molecule has 2 N–H and O–H groups in total. The summed E-state index contributed by atoms with van der Waals surface area (Å²) in [6.45, 7) is 19.6. The molecular weight excluding hydrogens is 777 g/mol. The number of aromatic nitrogens is 3. The van der Waals surface area contributed by atoms with Crippen LogP contribution in [0.4, 0.5) is 5.69 Å². The Morgan fingerprint density at radius 1 is 1.10 bits per heavy atom. The van der Waals surface area contributed by atoms with Crippen molar-refractivity contribution in [2.75, 3.05) is 58.4 Å². The maximum absolute atomic E-state index is 14.3. The van der Waals surface area contributed by atoms with E-state index in [1.165, 1.54) is 16.3 Å². The maximum atomic E-state index is 14.3. The Hall–Kier alpha value is -4.37. The van der Waals surface area contributed by atoms with Crippen molar-refractivity contribution in [3.63, 3.8) is 0 Å². The van der Waals surface area contributed by atoms with E-state index in [0.29, 0.717) is 25.8 Å². The van der Waals surface area contributed by atoms with E-state index in [4.69, 9.17) is 19.4 Å². The first-order valence-corrected chi connectivity index (χ1v) is 22.6. The van der Waals surface area contributed by atoms with Gasteiger partial charge in [0, 0.05) is 91.5 Å². The fourth-order valence-electron chi connectivity index (χ4n) is 9.50. The largest absolute Gasteiger partial charge is 0.464 e. The summed E-state index contributed by atoms with van der Waals surface area (Å²) in [7, 11) is 3.89. The number of amides is 2. The molecule has 1 saturated carbocycles. The number of nitrogens with one attached hydrogen (secondary N) is 2. The summed E-state index contributed by atoms with van der Waals surface area (Å²) >= 11 is 1.49. The topological polar surface area (TPSA) is 134 Å². The van der Waals surface area contributed by atoms with Crippen LogP contribution in [0.25, 0.3) is 33.4 Å². The molecule has 322 valence electrons. The Labute approximate surface area is 358 Å². The van der Waals surface area contributed by atoms with E-state index >= 15 is 0 Å². The average Bonchev–Trinajstić information content (AvgIpc) is 3.50. The highest BCUT2D eigenvalue weighted by Crippen LogP contribution is 2.46. The standard InChI is InChI=1S/C46H62N8O5S/c1-10-53-37-13-12-30-20-32(37)34(41(53)33-21-31(24-47-40(33)29(4)58-9)52-18-16-51(8)17-19-52)23-45(5,6)26-59-44(57)46(7)14-11-15-54(50-46)43(56)35(22-38-48-36(30)25-60-38)49-42(55)39-27(2)28(39)3/h12-13,20-21,24-25,27-29,35,39,50H,10-11,14-19,22-23,26H2,1-9H3,(H,49,55)/t27-,28+,29-,35-,39?,46+/m0/s1. The van der Waals surface area contributed by atoms with Crippen LogP contribution < -0.4 is 15.6 Å². The number of ether oxygens (including phenoxy) is 2. The van der Waals surface area contributed by atoms with E-state index in [2.05, 4.69) is 91.0 Å². The number of rotatable bonds is 7. The molecular formula is C46H62N8O5S. The van der Waals surface area contributed by atoms with Gasteiger partial charge in [0.05, 0.1) is 46.7 Å². The van der Waals surface area contributed by atoms with Gasteiger partial charge in [-0.25, -0.2) is 15.2 Å². The first-order valence-electron chi connectivity index (χ1n) is 21.7. The lowest BCUT2D eigenvalue weighted by Gasteiger charge is -2.41. The van der Waals surface area contributed by atoms with Gasteiger partial charge in [-0.15, -0.1) is 11.3 Å². The van der Waals surface area contributed by atoms with Gasteiger partial charge in [0.1, 0.15) is 11.6 Å². The molecule has 3 fully saturated rings. The van der Waals surface area contributed by atoms with Gasteiger partial charge in [-0.2, -0.15) is 0 Å². The van der Waals surface area contributed by atoms with Crippen molar-refractivity contribution >= 4 is 45.7 Å². The molecule has 1 aliphatic carbocycles. The fourth-order valence-corrected chi connectivity index (χ4v) is 10.3. The highest BCUT2D eigenvalue weighted by atomic mass is 32.1. The molecule has 6 heterocycles. The summed E-state index contributed by atoms with van der Waals surface area (Å²) in [5.74, 6) is -0.411. The third kappa shape index (κ3) is 8.08. The molecule has 1 unspecified atom stereocenters. The molecule has 0 spiro atoms. The maximum Gasteiger partial charge on any atom is 0.327 e. The Kier molecular flexibility index (Phi) is 11.6. The van der Waals surface area contributed by atoms with E-state index in [1.54, 1.807) is 7.11 Å². The van der Waals surface area contributed by atoms with Crippen molar-refractivity contribution in [3.05, 3.63) is 52.1 Å². The van der Waals surface area contributed by atoms with E-state index in [9.17, 15) is 14.4 Å². The van der Waals surface area contributed by atoms with Crippen molar-refractivity contribution < 1.29 is 23.9 Å². The summed E-state index contributed by atoms with van der Waals surface area (Å²) in [4.78, 5) is 57.0. The van der Waals surface area contributed by atoms with Crippen molar-refractivity contribution in [3.8, 4) is 22.5 Å². The van der Waals surface area contributed by atoms with Gasteiger partial charge in [0.25, 0.3) is 5.91 Å². The molecule has 0 radical (unpaired) electrons. The lowest BCUT2D eigenvalue weighted by molar-refractivity contribution is -0.162. The molecule has 2 amide bonds. The summed E-state index contributed by atoms with van der Waals surface area (Å²) < 4.78 is 14.6. The van der Waals surface area contributed by atoms with E-state index in [0.717, 1.165) is 88.1 Å². The van der Waals surface area contributed by atoms with Gasteiger partial charge < -0.3 is 29.2 Å². The second-order valence-corrected chi connectivity index (χ2v) is 19.6. The van der Waals surface area contributed by atoms with Gasteiger partial charge in [-0.05, 0) is 82.7 Å². The first kappa shape index (κ1) is 42.3. The van der Waals surface area contributed by atoms with E-state index < -0.39 is 23.0 Å². The van der Waals surface area contributed by atoms with Crippen LogP contribution in [0.5, 0.6) is 0 Å². The number of esters is 1. The van der Waals surface area contributed by atoms with Crippen LogP contribution in [0.2, 0.25) is 0 Å². The quantitative estimate of drug-likeness (QED) is 0.206.